The van der Waals surface area contributed by atoms with Gasteiger partial charge in [-0.05, 0) is 42.5 Å². The average Bonchev–Trinajstić information content (AvgIpc) is 2.89. The molecule has 2 heterocycles. The molecule has 25 heavy (non-hydrogen) atoms. The van der Waals surface area contributed by atoms with Crippen LogP contribution in [0, 0.1) is 0 Å². The molecule has 0 unspecified atom stereocenters. The molecule has 1 fully saturated rings. The van der Waals surface area contributed by atoms with Gasteiger partial charge in [-0.25, -0.2) is 4.98 Å². The Bertz CT molecular complexity index is 1030. The summed E-state index contributed by atoms with van der Waals surface area (Å²) in [5.74, 6) is -0.0770. The van der Waals surface area contributed by atoms with Gasteiger partial charge in [-0.1, -0.05) is 36.1 Å². The van der Waals surface area contributed by atoms with E-state index in [1.807, 2.05) is 24.3 Å². The summed E-state index contributed by atoms with van der Waals surface area (Å²) in [5, 5.41) is 9.40. The van der Waals surface area contributed by atoms with Gasteiger partial charge in [0.05, 0.1) is 33.5 Å². The maximum absolute atomic E-state index is 12.7. The first-order valence-corrected chi connectivity index (χ1v) is 8.63. The molecule has 5 nitrogen and oxygen atoms in total. The van der Waals surface area contributed by atoms with Gasteiger partial charge in [-0.2, -0.15) is 0 Å². The summed E-state index contributed by atoms with van der Waals surface area (Å²) in [6, 6.07) is 13.9. The standard InChI is InChI=1S/C18H11N3O2S2/c22-13-7-5-12(6-8-13)21-17(23)16(25-18(21)24)9-11-10-19-14-3-1-2-4-15(14)20-11/h1-10,22H. The van der Waals surface area contributed by atoms with Gasteiger partial charge in [-0.15, -0.1) is 0 Å². The number of thiocarbonyl (C=S) groups is 1. The van der Waals surface area contributed by atoms with Crippen LogP contribution in [0.4, 0.5) is 5.69 Å². The van der Waals surface area contributed by atoms with Crippen LogP contribution in [0.2, 0.25) is 0 Å². The lowest BCUT2D eigenvalue weighted by molar-refractivity contribution is -0.113. The minimum atomic E-state index is -0.212. The zero-order valence-electron chi connectivity index (χ0n) is 12.8. The maximum Gasteiger partial charge on any atom is 0.270 e. The molecule has 1 saturated heterocycles. The summed E-state index contributed by atoms with van der Waals surface area (Å²) in [6.45, 7) is 0. The first kappa shape index (κ1) is 15.7. The minimum absolute atomic E-state index is 0.135. The Hall–Kier alpha value is -2.77. The first-order chi connectivity index (χ1) is 12.1. The molecule has 122 valence electrons. The second-order valence-electron chi connectivity index (χ2n) is 5.32. The van der Waals surface area contributed by atoms with Crippen LogP contribution in [0.25, 0.3) is 17.1 Å². The molecule has 7 heteroatoms. The number of carbonyl (C=O) groups excluding carboxylic acids is 1. The summed E-state index contributed by atoms with van der Waals surface area (Å²) < 4.78 is 0.440. The third-order valence-electron chi connectivity index (χ3n) is 3.65. The zero-order valence-corrected chi connectivity index (χ0v) is 14.4. The topological polar surface area (TPSA) is 66.3 Å². The Balaban J connectivity index is 1.68. The van der Waals surface area contributed by atoms with Crippen LogP contribution in [-0.2, 0) is 4.79 Å². The van der Waals surface area contributed by atoms with Crippen molar-refractivity contribution in [2.75, 3.05) is 4.90 Å². The number of thioether (sulfide) groups is 1. The first-order valence-electron chi connectivity index (χ1n) is 7.40. The molecule has 1 amide bonds. The van der Waals surface area contributed by atoms with Gasteiger partial charge in [0.25, 0.3) is 5.91 Å². The lowest BCUT2D eigenvalue weighted by Crippen LogP contribution is -2.27. The van der Waals surface area contributed by atoms with Crippen LogP contribution < -0.4 is 4.90 Å². The van der Waals surface area contributed by atoms with E-state index in [-0.39, 0.29) is 11.7 Å². The lowest BCUT2D eigenvalue weighted by atomic mass is 10.2. The SMILES string of the molecule is O=C1C(=Cc2cnc3ccccc3n2)SC(=S)N1c1ccc(O)cc1. The van der Waals surface area contributed by atoms with Crippen LogP contribution in [0.5, 0.6) is 5.75 Å². The fourth-order valence-corrected chi connectivity index (χ4v) is 3.75. The van der Waals surface area contributed by atoms with Crippen molar-refractivity contribution in [1.82, 2.24) is 9.97 Å². The van der Waals surface area contributed by atoms with Gasteiger partial charge in [-0.3, -0.25) is 14.7 Å². The summed E-state index contributed by atoms with van der Waals surface area (Å²) in [4.78, 5) is 23.5. The molecule has 4 rings (SSSR count). The molecule has 2 aromatic carbocycles. The van der Waals surface area contributed by atoms with Gasteiger partial charge in [0, 0.05) is 0 Å². The van der Waals surface area contributed by atoms with Gasteiger partial charge in [0.2, 0.25) is 0 Å². The van der Waals surface area contributed by atoms with Crippen molar-refractivity contribution in [3.63, 3.8) is 0 Å². The number of amides is 1. The van der Waals surface area contributed by atoms with Crippen LogP contribution in [-0.4, -0.2) is 25.3 Å². The molecule has 0 bridgehead atoms. The molecule has 1 aliphatic rings. The van der Waals surface area contributed by atoms with Gasteiger partial charge >= 0.3 is 0 Å². The number of hydrogen-bond acceptors (Lipinski definition) is 6. The van der Waals surface area contributed by atoms with Crippen molar-refractivity contribution in [1.29, 1.82) is 0 Å². The smallest absolute Gasteiger partial charge is 0.270 e. The van der Waals surface area contributed by atoms with Gasteiger partial charge in [0.15, 0.2) is 4.32 Å². The van der Waals surface area contributed by atoms with Crippen molar-refractivity contribution in [2.24, 2.45) is 0 Å². The Morgan fingerprint density at radius 1 is 1.08 bits per heavy atom. The normalized spacial score (nSPS) is 16.2. The minimum Gasteiger partial charge on any atom is -0.508 e. The number of nitrogens with zero attached hydrogens (tertiary/aromatic N) is 3. The number of phenols is 1. The summed E-state index contributed by atoms with van der Waals surface area (Å²) in [7, 11) is 0. The lowest BCUT2D eigenvalue weighted by Gasteiger charge is -2.14. The van der Waals surface area contributed by atoms with Crippen molar-refractivity contribution in [3.8, 4) is 5.75 Å². The van der Waals surface area contributed by atoms with Crippen molar-refractivity contribution in [3.05, 3.63) is 65.3 Å². The second-order valence-corrected chi connectivity index (χ2v) is 6.99. The third kappa shape index (κ3) is 2.99. The fraction of sp³-hybridized carbons (Fsp3) is 0. The van der Waals surface area contributed by atoms with Crippen LogP contribution >= 0.6 is 24.0 Å². The van der Waals surface area contributed by atoms with E-state index in [2.05, 4.69) is 9.97 Å². The highest BCUT2D eigenvalue weighted by atomic mass is 32.2. The predicted molar refractivity (Wildman–Crippen MR) is 103 cm³/mol. The van der Waals surface area contributed by atoms with E-state index >= 15 is 0 Å². The summed E-state index contributed by atoms with van der Waals surface area (Å²) in [6.07, 6.45) is 3.33. The third-order valence-corrected chi connectivity index (χ3v) is 4.95. The zero-order chi connectivity index (χ0) is 17.4. The molecule has 0 aliphatic carbocycles. The molecular weight excluding hydrogens is 354 g/mol. The molecule has 1 N–H and O–H groups in total. The number of para-hydroxylation sites is 2. The predicted octanol–water partition coefficient (Wildman–Crippen LogP) is 3.74. The molecule has 3 aromatic rings. The van der Waals surface area contributed by atoms with E-state index in [4.69, 9.17) is 12.2 Å². The van der Waals surface area contributed by atoms with Gasteiger partial charge < -0.3 is 5.11 Å². The number of aromatic nitrogens is 2. The maximum atomic E-state index is 12.7. The van der Waals surface area contributed by atoms with E-state index in [0.717, 1.165) is 11.0 Å². The Kier molecular flexibility index (Phi) is 3.95. The molecule has 1 aliphatic heterocycles. The highest BCUT2D eigenvalue weighted by Crippen LogP contribution is 2.36. The fourth-order valence-electron chi connectivity index (χ4n) is 2.47. The largest absolute Gasteiger partial charge is 0.508 e. The van der Waals surface area contributed by atoms with Crippen LogP contribution in [0.3, 0.4) is 0 Å². The number of hydrogen-bond donors (Lipinski definition) is 1. The number of anilines is 1. The van der Waals surface area contributed by atoms with Crippen molar-refractivity contribution >= 4 is 57.0 Å². The monoisotopic (exact) mass is 365 g/mol. The Morgan fingerprint density at radius 2 is 1.80 bits per heavy atom. The molecule has 0 atom stereocenters. The Morgan fingerprint density at radius 3 is 2.56 bits per heavy atom. The highest BCUT2D eigenvalue weighted by molar-refractivity contribution is 8.27. The molecule has 0 radical (unpaired) electrons. The van der Waals surface area contributed by atoms with Crippen molar-refractivity contribution in [2.45, 2.75) is 0 Å². The molecule has 0 spiro atoms. The van der Waals surface area contributed by atoms with E-state index in [0.29, 0.717) is 20.6 Å². The number of benzene rings is 2. The number of aromatic hydroxyl groups is 1. The average molecular weight is 365 g/mol. The van der Waals surface area contributed by atoms with E-state index in [1.54, 1.807) is 24.4 Å². The van der Waals surface area contributed by atoms with E-state index in [9.17, 15) is 9.90 Å². The van der Waals surface area contributed by atoms with Crippen LogP contribution in [0.1, 0.15) is 5.69 Å². The number of fused-ring (bicyclic) bond motifs is 1. The highest BCUT2D eigenvalue weighted by Gasteiger charge is 2.33. The van der Waals surface area contributed by atoms with Crippen LogP contribution in [0.15, 0.2) is 59.6 Å². The summed E-state index contributed by atoms with van der Waals surface area (Å²) >= 11 is 6.55. The summed E-state index contributed by atoms with van der Waals surface area (Å²) in [5.41, 5.74) is 2.79. The Labute approximate surface area is 153 Å². The van der Waals surface area contributed by atoms with Gasteiger partial charge in [0.1, 0.15) is 5.75 Å². The van der Waals surface area contributed by atoms with E-state index in [1.165, 1.54) is 28.8 Å². The number of rotatable bonds is 2. The van der Waals surface area contributed by atoms with Crippen molar-refractivity contribution < 1.29 is 9.90 Å². The molecular formula is C18H11N3O2S2. The molecule has 1 aromatic heterocycles. The molecule has 0 saturated carbocycles. The quantitative estimate of drug-likeness (QED) is 0.551. The van der Waals surface area contributed by atoms with E-state index < -0.39 is 0 Å². The number of phenolic OH excluding ortho intramolecular Hbond substituents is 1. The number of carbonyl (C=O) groups is 1. The second kappa shape index (κ2) is 6.27.